The minimum absolute atomic E-state index is 0.0798. The van der Waals surface area contributed by atoms with E-state index < -0.39 is 0 Å². The van der Waals surface area contributed by atoms with Gasteiger partial charge >= 0.3 is 0 Å². The molecule has 0 unspecified atom stereocenters. The number of allylic oxidation sites excluding steroid dienone is 1. The lowest BCUT2D eigenvalue weighted by Gasteiger charge is -2.39. The van der Waals surface area contributed by atoms with Crippen LogP contribution < -0.4 is 0 Å². The van der Waals surface area contributed by atoms with Crippen LogP contribution in [0.2, 0.25) is 0 Å². The van der Waals surface area contributed by atoms with Gasteiger partial charge in [0.1, 0.15) is 0 Å². The van der Waals surface area contributed by atoms with Crippen molar-refractivity contribution in [1.29, 1.82) is 5.26 Å². The average Bonchev–Trinajstić information content (AvgIpc) is 2.03. The number of hydrogen-bond donors (Lipinski definition) is 0. The minimum Gasteiger partial charge on any atom is -0.282 e. The van der Waals surface area contributed by atoms with Gasteiger partial charge in [-0.15, -0.1) is 0 Å². The summed E-state index contributed by atoms with van der Waals surface area (Å²) < 4.78 is 0. The first-order valence-electron chi connectivity index (χ1n) is 4.31. The largest absolute Gasteiger partial charge is 0.282 e. The number of aliphatic imine (C=N–C) groups is 1. The Labute approximate surface area is 72.6 Å². The fourth-order valence-electron chi connectivity index (χ4n) is 2.07. The van der Waals surface area contributed by atoms with Crippen molar-refractivity contribution < 1.29 is 0 Å². The first-order valence-corrected chi connectivity index (χ1v) is 4.31. The molecule has 3 rings (SSSR count). The zero-order valence-corrected chi connectivity index (χ0v) is 7.41. The van der Waals surface area contributed by atoms with Crippen molar-refractivity contribution in [2.45, 2.75) is 25.8 Å². The van der Waals surface area contributed by atoms with Crippen LogP contribution in [0.1, 0.15) is 20.3 Å². The smallest absolute Gasteiger partial charge is 0.0917 e. The Bertz CT molecular complexity index is 308. The maximum Gasteiger partial charge on any atom is 0.0917 e. The molecule has 2 bridgehead atoms. The monoisotopic (exact) mass is 160 g/mol. The van der Waals surface area contributed by atoms with E-state index in [2.05, 4.69) is 30.1 Å². The highest BCUT2D eigenvalue weighted by molar-refractivity contribution is 5.88. The number of hydrogen-bond acceptors (Lipinski definition) is 2. The number of rotatable bonds is 0. The maximum absolute atomic E-state index is 8.91. The van der Waals surface area contributed by atoms with E-state index in [1.54, 1.807) is 0 Å². The lowest BCUT2D eigenvalue weighted by molar-refractivity contribution is 0.354. The molecule has 2 heteroatoms. The lowest BCUT2D eigenvalue weighted by atomic mass is 9.71. The molecule has 0 spiro atoms. The van der Waals surface area contributed by atoms with Gasteiger partial charge in [-0.05, 0) is 20.3 Å². The molecule has 0 fully saturated rings. The number of fused-ring (bicyclic) bond motifs is 1. The van der Waals surface area contributed by atoms with Gasteiger partial charge in [-0.3, -0.25) is 4.99 Å². The van der Waals surface area contributed by atoms with Crippen molar-refractivity contribution in [2.24, 2.45) is 16.8 Å². The zero-order valence-electron chi connectivity index (χ0n) is 7.41. The molecule has 0 amide bonds. The Kier molecular flexibility index (Phi) is 1.38. The van der Waals surface area contributed by atoms with E-state index in [0.29, 0.717) is 5.92 Å². The van der Waals surface area contributed by atoms with Gasteiger partial charge in [0.25, 0.3) is 0 Å². The van der Waals surface area contributed by atoms with E-state index in [1.165, 1.54) is 5.71 Å². The molecule has 0 saturated carbocycles. The second kappa shape index (κ2) is 2.20. The molecule has 0 radical (unpaired) electrons. The molecule has 3 aliphatic rings. The Morgan fingerprint density at radius 3 is 3.00 bits per heavy atom. The summed E-state index contributed by atoms with van der Waals surface area (Å²) in [5.41, 5.74) is 0.958. The SMILES string of the molecule is CC1=N[C@]2(C)C=C[C@H]1C[C@H]2C#N. The van der Waals surface area contributed by atoms with Crippen LogP contribution in [0.4, 0.5) is 0 Å². The molecule has 0 saturated heterocycles. The Hall–Kier alpha value is -1.10. The molecule has 62 valence electrons. The van der Waals surface area contributed by atoms with E-state index in [9.17, 15) is 0 Å². The van der Waals surface area contributed by atoms with Crippen LogP contribution in [-0.2, 0) is 0 Å². The van der Waals surface area contributed by atoms with Crippen molar-refractivity contribution >= 4 is 5.71 Å². The van der Waals surface area contributed by atoms with Crippen molar-refractivity contribution in [1.82, 2.24) is 0 Å². The van der Waals surface area contributed by atoms with Gasteiger partial charge in [0.15, 0.2) is 0 Å². The first kappa shape index (κ1) is 7.54. The number of nitrogens with zero attached hydrogens (tertiary/aromatic N) is 2. The predicted octanol–water partition coefficient (Wildman–Crippen LogP) is 1.94. The van der Waals surface area contributed by atoms with Crippen LogP contribution in [0, 0.1) is 23.2 Å². The molecular formula is C10H12N2. The van der Waals surface area contributed by atoms with E-state index in [0.717, 1.165) is 6.42 Å². The molecule has 0 aromatic rings. The molecule has 0 N–H and O–H groups in total. The third-order valence-corrected chi connectivity index (χ3v) is 2.97. The van der Waals surface area contributed by atoms with Crippen molar-refractivity contribution in [3.05, 3.63) is 12.2 Å². The standard InChI is InChI=1S/C10H12N2/c1-7-8-3-4-10(2,12-7)9(5-8)6-11/h3-4,8-9H,5H2,1-2H3/t8-,9-,10+/m0/s1. The quantitative estimate of drug-likeness (QED) is 0.499. The Morgan fingerprint density at radius 2 is 2.50 bits per heavy atom. The molecule has 2 heterocycles. The molecule has 2 aliphatic heterocycles. The molecule has 0 aromatic heterocycles. The highest BCUT2D eigenvalue weighted by Gasteiger charge is 2.41. The van der Waals surface area contributed by atoms with Crippen LogP contribution in [0.5, 0.6) is 0 Å². The van der Waals surface area contributed by atoms with Crippen molar-refractivity contribution in [2.75, 3.05) is 0 Å². The molecule has 12 heavy (non-hydrogen) atoms. The van der Waals surface area contributed by atoms with E-state index in [4.69, 9.17) is 5.26 Å². The summed E-state index contributed by atoms with van der Waals surface area (Å²) in [6, 6.07) is 2.34. The summed E-state index contributed by atoms with van der Waals surface area (Å²) in [5.74, 6) is 0.507. The molecule has 3 atom stereocenters. The highest BCUT2D eigenvalue weighted by atomic mass is 14.9. The summed E-state index contributed by atoms with van der Waals surface area (Å²) in [6.45, 7) is 4.09. The van der Waals surface area contributed by atoms with Gasteiger partial charge < -0.3 is 0 Å². The predicted molar refractivity (Wildman–Crippen MR) is 47.9 cm³/mol. The van der Waals surface area contributed by atoms with Gasteiger partial charge in [0.05, 0.1) is 17.5 Å². The van der Waals surface area contributed by atoms with Crippen molar-refractivity contribution in [3.63, 3.8) is 0 Å². The van der Waals surface area contributed by atoms with Crippen LogP contribution in [-0.4, -0.2) is 11.3 Å². The third-order valence-electron chi connectivity index (χ3n) is 2.97. The molecular weight excluding hydrogens is 148 g/mol. The van der Waals surface area contributed by atoms with Gasteiger partial charge in [-0.1, -0.05) is 12.2 Å². The highest BCUT2D eigenvalue weighted by Crippen LogP contribution is 2.39. The average molecular weight is 160 g/mol. The van der Waals surface area contributed by atoms with E-state index >= 15 is 0 Å². The number of dihydropyridines is 1. The van der Waals surface area contributed by atoms with Gasteiger partial charge in [0, 0.05) is 11.6 Å². The summed E-state index contributed by atoms with van der Waals surface area (Å²) in [6.07, 6.45) is 5.23. The summed E-state index contributed by atoms with van der Waals surface area (Å²) in [7, 11) is 0. The summed E-state index contributed by atoms with van der Waals surface area (Å²) in [4.78, 5) is 4.54. The summed E-state index contributed by atoms with van der Waals surface area (Å²) >= 11 is 0. The fourth-order valence-corrected chi connectivity index (χ4v) is 2.07. The van der Waals surface area contributed by atoms with E-state index in [-0.39, 0.29) is 11.5 Å². The maximum atomic E-state index is 8.91. The normalized spacial score (nSPS) is 43.9. The van der Waals surface area contributed by atoms with Gasteiger partial charge in [-0.2, -0.15) is 5.26 Å². The van der Waals surface area contributed by atoms with Gasteiger partial charge in [0.2, 0.25) is 0 Å². The lowest BCUT2D eigenvalue weighted by Crippen LogP contribution is -2.41. The fraction of sp³-hybridized carbons (Fsp3) is 0.600. The third kappa shape index (κ3) is 0.828. The van der Waals surface area contributed by atoms with Crippen LogP contribution >= 0.6 is 0 Å². The van der Waals surface area contributed by atoms with Crippen LogP contribution in [0.15, 0.2) is 17.1 Å². The zero-order chi connectivity index (χ0) is 8.77. The van der Waals surface area contributed by atoms with Crippen molar-refractivity contribution in [3.8, 4) is 6.07 Å². The van der Waals surface area contributed by atoms with Crippen LogP contribution in [0.3, 0.4) is 0 Å². The second-order valence-electron chi connectivity index (χ2n) is 3.86. The molecule has 0 aromatic carbocycles. The summed E-state index contributed by atoms with van der Waals surface area (Å²) in [5, 5.41) is 8.91. The first-order chi connectivity index (χ1) is 5.65. The number of nitriles is 1. The van der Waals surface area contributed by atoms with E-state index in [1.807, 2.05) is 6.92 Å². The Balaban J connectivity index is 2.45. The van der Waals surface area contributed by atoms with Crippen LogP contribution in [0.25, 0.3) is 0 Å². The second-order valence-corrected chi connectivity index (χ2v) is 3.86. The van der Waals surface area contributed by atoms with Gasteiger partial charge in [-0.25, -0.2) is 0 Å². The minimum atomic E-state index is -0.229. The molecule has 2 nitrogen and oxygen atoms in total. The topological polar surface area (TPSA) is 36.1 Å². The molecule has 1 aliphatic carbocycles. The Morgan fingerprint density at radius 1 is 1.75 bits per heavy atom.